The van der Waals surface area contributed by atoms with Gasteiger partial charge in [-0.25, -0.2) is 0 Å². The fourth-order valence-electron chi connectivity index (χ4n) is 0. The number of halogens is 1. The average Bonchev–Trinajstić information content (AvgIpc) is 1.36. The zero-order valence-corrected chi connectivity index (χ0v) is 4.79. The Morgan fingerprint density at radius 3 is 1.67 bits per heavy atom. The van der Waals surface area contributed by atoms with Gasteiger partial charge in [0.25, 0.3) is 0 Å². The topological polar surface area (TPSA) is 0 Å². The van der Waals surface area contributed by atoms with Gasteiger partial charge in [-0.2, -0.15) is 0 Å². The van der Waals surface area contributed by atoms with Crippen LogP contribution in [-0.4, -0.2) is 5.38 Å². The standard InChI is InChI=1S/C5H8Cl/c1-4(2)5(3)6/h4-5H,1,3H3. The van der Waals surface area contributed by atoms with E-state index in [1.54, 1.807) is 6.92 Å². The predicted molar refractivity (Wildman–Crippen MR) is 27.7 cm³/mol. The van der Waals surface area contributed by atoms with Gasteiger partial charge in [0, 0.05) is 5.38 Å². The van der Waals surface area contributed by atoms with E-state index in [0.717, 1.165) is 0 Å². The molecule has 2 atom stereocenters. The summed E-state index contributed by atoms with van der Waals surface area (Å²) < 4.78 is 0. The van der Waals surface area contributed by atoms with Crippen LogP contribution in [0.4, 0.5) is 0 Å². The maximum Gasteiger partial charge on any atom is 0.0339 e. The van der Waals surface area contributed by atoms with E-state index >= 15 is 0 Å². The normalized spacial score (nSPS) is 15.5. The molecule has 0 saturated carbocycles. The van der Waals surface area contributed by atoms with E-state index in [2.05, 4.69) is 0 Å². The van der Waals surface area contributed by atoms with E-state index in [4.69, 9.17) is 18.5 Å². The van der Waals surface area contributed by atoms with Crippen LogP contribution in [0.15, 0.2) is 0 Å². The fraction of sp³-hybridized carbons (Fsp3) is 0.800. The quantitative estimate of drug-likeness (QED) is 0.445. The number of rotatable bonds is 1. The second-order valence-corrected chi connectivity index (χ2v) is 2.15. The van der Waals surface area contributed by atoms with Crippen LogP contribution in [0.2, 0.25) is 0 Å². The summed E-state index contributed by atoms with van der Waals surface area (Å²) in [6, 6.07) is 0. The van der Waals surface area contributed by atoms with Crippen LogP contribution in [0.5, 0.6) is 0 Å². The Labute approximate surface area is 44.5 Å². The monoisotopic (exact) mass is 103 g/mol. The molecule has 0 rings (SSSR count). The first-order valence-electron chi connectivity index (χ1n) is 1.99. The van der Waals surface area contributed by atoms with Crippen LogP contribution >= 0.6 is 11.6 Å². The SMILES string of the molecule is [C]C(C)C(C)Cl. The minimum absolute atomic E-state index is 0.00926. The van der Waals surface area contributed by atoms with Crippen molar-refractivity contribution in [2.75, 3.05) is 0 Å². The van der Waals surface area contributed by atoms with Crippen LogP contribution < -0.4 is 0 Å². The molecule has 0 aromatic rings. The molecule has 0 spiro atoms. The fourth-order valence-corrected chi connectivity index (χ4v) is 0. The minimum atomic E-state index is -0.133. The van der Waals surface area contributed by atoms with E-state index in [9.17, 15) is 0 Å². The lowest BCUT2D eigenvalue weighted by molar-refractivity contribution is 0.703. The minimum Gasteiger partial charge on any atom is -0.123 e. The third kappa shape index (κ3) is 2.52. The Balaban J connectivity index is 2.99. The van der Waals surface area contributed by atoms with Gasteiger partial charge in [-0.15, -0.1) is 11.6 Å². The highest BCUT2D eigenvalue weighted by Crippen LogP contribution is 2.05. The average molecular weight is 104 g/mol. The van der Waals surface area contributed by atoms with Gasteiger partial charge in [-0.05, 0) is 19.8 Å². The molecule has 3 radical (unpaired) electrons. The van der Waals surface area contributed by atoms with Crippen LogP contribution in [0, 0.1) is 12.8 Å². The maximum atomic E-state index is 6.90. The van der Waals surface area contributed by atoms with E-state index in [0.29, 0.717) is 0 Å². The molecule has 0 amide bonds. The molecule has 0 aromatic heterocycles. The van der Waals surface area contributed by atoms with E-state index in [1.807, 2.05) is 6.92 Å². The third-order valence-electron chi connectivity index (χ3n) is 0.689. The second kappa shape index (κ2) is 2.46. The number of hydrogen-bond donors (Lipinski definition) is 0. The second-order valence-electron chi connectivity index (χ2n) is 1.47. The summed E-state index contributed by atoms with van der Waals surface area (Å²) in [4.78, 5) is 0. The van der Waals surface area contributed by atoms with Gasteiger partial charge in [0.2, 0.25) is 0 Å². The first kappa shape index (κ1) is 6.29. The lowest BCUT2D eigenvalue weighted by Crippen LogP contribution is -2.00. The van der Waals surface area contributed by atoms with Crippen molar-refractivity contribution in [1.29, 1.82) is 0 Å². The summed E-state index contributed by atoms with van der Waals surface area (Å²) in [6.45, 7) is 10.5. The molecule has 0 aliphatic rings. The lowest BCUT2D eigenvalue weighted by atomic mass is 10.2. The molecule has 0 nitrogen and oxygen atoms in total. The number of hydrogen-bond acceptors (Lipinski definition) is 0. The zero-order valence-electron chi connectivity index (χ0n) is 4.03. The smallest absolute Gasteiger partial charge is 0.0339 e. The third-order valence-corrected chi connectivity index (χ3v) is 1.07. The Morgan fingerprint density at radius 1 is 1.50 bits per heavy atom. The van der Waals surface area contributed by atoms with Gasteiger partial charge in [0.1, 0.15) is 0 Å². The molecule has 2 unspecified atom stereocenters. The molecule has 0 aliphatic carbocycles. The highest BCUT2D eigenvalue weighted by molar-refractivity contribution is 6.20. The van der Waals surface area contributed by atoms with Crippen LogP contribution in [0.1, 0.15) is 13.8 Å². The molecule has 0 N–H and O–H groups in total. The van der Waals surface area contributed by atoms with Crippen molar-refractivity contribution >= 4 is 11.6 Å². The highest BCUT2D eigenvalue weighted by Gasteiger charge is 1.99. The van der Waals surface area contributed by atoms with Crippen molar-refractivity contribution in [2.45, 2.75) is 19.2 Å². The summed E-state index contributed by atoms with van der Waals surface area (Å²) in [5, 5.41) is -0.00926. The van der Waals surface area contributed by atoms with E-state index < -0.39 is 0 Å². The number of alkyl halides is 1. The first-order valence-corrected chi connectivity index (χ1v) is 2.43. The molecule has 6 heavy (non-hydrogen) atoms. The molecule has 35 valence electrons. The molecule has 0 bridgehead atoms. The molecule has 0 fully saturated rings. The van der Waals surface area contributed by atoms with Gasteiger partial charge >= 0.3 is 0 Å². The molecule has 0 heterocycles. The summed E-state index contributed by atoms with van der Waals surface area (Å²) in [5.74, 6) is -0.133. The van der Waals surface area contributed by atoms with Crippen molar-refractivity contribution < 1.29 is 0 Å². The Morgan fingerprint density at radius 2 is 1.67 bits per heavy atom. The van der Waals surface area contributed by atoms with Crippen molar-refractivity contribution in [3.05, 3.63) is 6.92 Å². The van der Waals surface area contributed by atoms with Gasteiger partial charge in [0.15, 0.2) is 0 Å². The zero-order chi connectivity index (χ0) is 5.15. The Bertz CT molecular complexity index is 24.9. The molecule has 1 heteroatoms. The van der Waals surface area contributed by atoms with Crippen molar-refractivity contribution in [1.82, 2.24) is 0 Å². The van der Waals surface area contributed by atoms with Crippen molar-refractivity contribution in [3.63, 3.8) is 0 Å². The van der Waals surface area contributed by atoms with E-state index in [-0.39, 0.29) is 11.3 Å². The van der Waals surface area contributed by atoms with Crippen LogP contribution in [-0.2, 0) is 0 Å². The summed E-state index contributed by atoms with van der Waals surface area (Å²) >= 11 is 5.43. The Kier molecular flexibility index (Phi) is 2.58. The van der Waals surface area contributed by atoms with Gasteiger partial charge in [0.05, 0.1) is 0 Å². The lowest BCUT2D eigenvalue weighted by Gasteiger charge is -2.01. The van der Waals surface area contributed by atoms with Gasteiger partial charge in [-0.1, -0.05) is 6.92 Å². The molecule has 0 aliphatic heterocycles. The summed E-state index contributed by atoms with van der Waals surface area (Å²) in [7, 11) is 0. The molecule has 0 aromatic carbocycles. The summed E-state index contributed by atoms with van der Waals surface area (Å²) in [5.41, 5.74) is 0. The van der Waals surface area contributed by atoms with Crippen molar-refractivity contribution in [3.8, 4) is 0 Å². The van der Waals surface area contributed by atoms with Gasteiger partial charge in [-0.3, -0.25) is 0 Å². The maximum absolute atomic E-state index is 6.90. The molecular weight excluding hydrogens is 95.5 g/mol. The van der Waals surface area contributed by atoms with Crippen LogP contribution in [0.3, 0.4) is 0 Å². The molecule has 0 saturated heterocycles. The van der Waals surface area contributed by atoms with E-state index in [1.165, 1.54) is 0 Å². The van der Waals surface area contributed by atoms with Crippen molar-refractivity contribution in [2.24, 2.45) is 5.92 Å². The van der Waals surface area contributed by atoms with Crippen LogP contribution in [0.25, 0.3) is 0 Å². The molecular formula is C5H8Cl. The highest BCUT2D eigenvalue weighted by atomic mass is 35.5. The Hall–Kier alpha value is 0.290. The predicted octanol–water partition coefficient (Wildman–Crippen LogP) is 1.84. The summed E-state index contributed by atoms with van der Waals surface area (Å²) in [6.07, 6.45) is 0. The first-order chi connectivity index (χ1) is 2.64. The largest absolute Gasteiger partial charge is 0.123 e. The van der Waals surface area contributed by atoms with Gasteiger partial charge < -0.3 is 0 Å².